The molecule has 0 saturated carbocycles. The van der Waals surface area contributed by atoms with E-state index in [9.17, 15) is 29.7 Å². The van der Waals surface area contributed by atoms with Gasteiger partial charge in [-0.1, -0.05) is 0 Å². The molecule has 0 spiro atoms. The van der Waals surface area contributed by atoms with E-state index in [2.05, 4.69) is 0 Å². The van der Waals surface area contributed by atoms with Crippen LogP contribution in [0.3, 0.4) is 0 Å². The average molecular weight is 170 g/mol. The normalized spacial score (nSPS) is 9.92. The summed E-state index contributed by atoms with van der Waals surface area (Å²) in [5, 5.41) is 37.9. The minimum Gasteiger partial charge on any atom is -0.548 e. The zero-order valence-corrected chi connectivity index (χ0v) is 5.40. The maximum absolute atomic E-state index is 9.96. The Balaban J connectivity index is 5.39. The first-order chi connectivity index (χ1) is 5.39. The molecule has 0 heterocycles. The summed E-state index contributed by atoms with van der Waals surface area (Å²) in [6.45, 7) is 0. The molecule has 0 atom stereocenters. The van der Waals surface area contributed by atoms with Crippen molar-refractivity contribution in [1.82, 2.24) is 0 Å². The molecule has 0 unspecified atom stereocenters. The molecule has 0 bridgehead atoms. The Morgan fingerprint density at radius 1 is 1.00 bits per heavy atom. The topological polar surface area (TPSA) is 144 Å². The molecule has 0 aliphatic heterocycles. The Labute approximate surface area is 65.5 Å². The minimum absolute atomic E-state index is 0.528. The van der Waals surface area contributed by atoms with Gasteiger partial charge in [-0.25, -0.2) is 0 Å². The van der Waals surface area contributed by atoms with E-state index in [0.717, 1.165) is 0 Å². The van der Waals surface area contributed by atoms with Crippen LogP contribution >= 0.6 is 0 Å². The maximum atomic E-state index is 9.96. The van der Waals surface area contributed by atoms with Crippen molar-refractivity contribution >= 4 is 17.9 Å². The Hall–Kier alpha value is -2.10. The molecule has 7 heteroatoms. The SMILES string of the molecule is N#CC(C(=O)[O-])(C(=O)[O-])C(=O)[O-]. The van der Waals surface area contributed by atoms with Crippen LogP contribution in [0.1, 0.15) is 0 Å². The van der Waals surface area contributed by atoms with E-state index < -0.39 is 23.3 Å². The lowest BCUT2D eigenvalue weighted by molar-refractivity contribution is -0.355. The highest BCUT2D eigenvalue weighted by molar-refractivity contribution is 6.17. The minimum atomic E-state index is -3.74. The van der Waals surface area contributed by atoms with E-state index in [4.69, 9.17) is 5.26 Å². The van der Waals surface area contributed by atoms with E-state index in [-0.39, 0.29) is 0 Å². The van der Waals surface area contributed by atoms with Gasteiger partial charge in [0.25, 0.3) is 0 Å². The van der Waals surface area contributed by atoms with Crippen LogP contribution in [0.2, 0.25) is 0 Å². The lowest BCUT2D eigenvalue weighted by Crippen LogP contribution is -2.61. The molecule has 0 amide bonds. The second-order valence-corrected chi connectivity index (χ2v) is 1.72. The summed E-state index contributed by atoms with van der Waals surface area (Å²) in [7, 11) is 0. The highest BCUT2D eigenvalue weighted by Gasteiger charge is 2.35. The molecule has 0 aliphatic rings. The zero-order valence-electron chi connectivity index (χ0n) is 5.40. The van der Waals surface area contributed by atoms with E-state index in [0.29, 0.717) is 6.07 Å². The Morgan fingerprint density at radius 2 is 1.25 bits per heavy atom. The van der Waals surface area contributed by atoms with Crippen LogP contribution in [0.5, 0.6) is 0 Å². The summed E-state index contributed by atoms with van der Waals surface area (Å²) >= 11 is 0. The van der Waals surface area contributed by atoms with Crippen molar-refractivity contribution in [2.75, 3.05) is 0 Å². The molecule has 7 nitrogen and oxygen atoms in total. The van der Waals surface area contributed by atoms with Gasteiger partial charge in [-0.3, -0.25) is 0 Å². The number of carboxylic acids is 3. The summed E-state index contributed by atoms with van der Waals surface area (Å²) in [5.41, 5.74) is -3.74. The molecule has 0 radical (unpaired) electrons. The number of aliphatic carboxylic acids is 3. The first-order valence-electron chi connectivity index (χ1n) is 2.45. The number of rotatable bonds is 3. The fourth-order valence-electron chi connectivity index (χ4n) is 0.387. The highest BCUT2D eigenvalue weighted by Crippen LogP contribution is 2.12. The number of carboxylic acid groups (broad SMARTS) is 3. The molecule has 0 saturated heterocycles. The summed E-state index contributed by atoms with van der Waals surface area (Å²) < 4.78 is 0. The molecule has 0 aromatic heterocycles. The van der Waals surface area contributed by atoms with Crippen molar-refractivity contribution in [3.8, 4) is 6.07 Å². The Morgan fingerprint density at radius 3 is 1.25 bits per heavy atom. The molecule has 0 aliphatic carbocycles. The van der Waals surface area contributed by atoms with Crippen LogP contribution in [-0.4, -0.2) is 17.9 Å². The predicted octanol–water partition coefficient (Wildman–Crippen LogP) is -5.25. The molecule has 0 aromatic carbocycles. The van der Waals surface area contributed by atoms with Gasteiger partial charge in [0.2, 0.25) is 0 Å². The van der Waals surface area contributed by atoms with Gasteiger partial charge in [-0.05, 0) is 0 Å². The number of hydrogen-bond acceptors (Lipinski definition) is 7. The molecule has 0 N–H and O–H groups in total. The third kappa shape index (κ3) is 1.05. The third-order valence-electron chi connectivity index (χ3n) is 1.09. The molecule has 0 rings (SSSR count). The second kappa shape index (κ2) is 2.87. The number of nitriles is 1. The molecule has 64 valence electrons. The quantitative estimate of drug-likeness (QED) is 0.384. The van der Waals surface area contributed by atoms with Gasteiger partial charge in [0.15, 0.2) is 5.41 Å². The molecule has 0 aromatic rings. The molecule has 12 heavy (non-hydrogen) atoms. The largest absolute Gasteiger partial charge is 0.548 e. The first kappa shape index (κ1) is 9.90. The maximum Gasteiger partial charge on any atom is 0.175 e. The van der Waals surface area contributed by atoms with Crippen molar-refractivity contribution in [2.24, 2.45) is 5.41 Å². The van der Waals surface area contributed by atoms with Crippen molar-refractivity contribution in [1.29, 1.82) is 5.26 Å². The van der Waals surface area contributed by atoms with Crippen molar-refractivity contribution in [3.63, 3.8) is 0 Å². The van der Waals surface area contributed by atoms with Crippen molar-refractivity contribution in [2.45, 2.75) is 0 Å². The van der Waals surface area contributed by atoms with Gasteiger partial charge < -0.3 is 29.7 Å². The average Bonchev–Trinajstić information content (AvgIpc) is 1.86. The van der Waals surface area contributed by atoms with Gasteiger partial charge in [0.05, 0.1) is 24.0 Å². The van der Waals surface area contributed by atoms with Crippen LogP contribution in [0.15, 0.2) is 0 Å². The summed E-state index contributed by atoms with van der Waals surface area (Å²) in [5.74, 6) is -7.78. The fraction of sp³-hybridized carbons (Fsp3) is 0.200. The van der Waals surface area contributed by atoms with E-state index in [1.807, 2.05) is 0 Å². The van der Waals surface area contributed by atoms with Crippen LogP contribution in [0.25, 0.3) is 0 Å². The van der Waals surface area contributed by atoms with Crippen LogP contribution in [0, 0.1) is 16.7 Å². The summed E-state index contributed by atoms with van der Waals surface area (Å²) in [6.07, 6.45) is 0. The Kier molecular flexibility index (Phi) is 2.37. The van der Waals surface area contributed by atoms with Gasteiger partial charge in [0.1, 0.15) is 0 Å². The summed E-state index contributed by atoms with van der Waals surface area (Å²) in [6, 6.07) is 0.528. The van der Waals surface area contributed by atoms with Crippen LogP contribution in [0.4, 0.5) is 0 Å². The lowest BCUT2D eigenvalue weighted by Gasteiger charge is -2.28. The monoisotopic (exact) mass is 170 g/mol. The van der Waals surface area contributed by atoms with E-state index >= 15 is 0 Å². The fourth-order valence-corrected chi connectivity index (χ4v) is 0.387. The van der Waals surface area contributed by atoms with Gasteiger partial charge >= 0.3 is 0 Å². The van der Waals surface area contributed by atoms with Gasteiger partial charge in [0, 0.05) is 0 Å². The molecular weight excluding hydrogens is 170 g/mol. The Bertz CT molecular complexity index is 251. The number of hydrogen-bond donors (Lipinski definition) is 0. The number of carbonyl (C=O) groups excluding carboxylic acids is 3. The van der Waals surface area contributed by atoms with E-state index in [1.165, 1.54) is 0 Å². The first-order valence-corrected chi connectivity index (χ1v) is 2.45. The number of carbonyl (C=O) groups is 3. The summed E-state index contributed by atoms with van der Waals surface area (Å²) in [4.78, 5) is 29.9. The zero-order chi connectivity index (χ0) is 9.94. The third-order valence-corrected chi connectivity index (χ3v) is 1.09. The second-order valence-electron chi connectivity index (χ2n) is 1.72. The highest BCUT2D eigenvalue weighted by atomic mass is 16.4. The van der Waals surface area contributed by atoms with Gasteiger partial charge in [-0.2, -0.15) is 5.26 Å². The van der Waals surface area contributed by atoms with Crippen LogP contribution in [-0.2, 0) is 14.4 Å². The predicted molar refractivity (Wildman–Crippen MR) is 23.1 cm³/mol. The lowest BCUT2D eigenvalue weighted by atomic mass is 9.91. The van der Waals surface area contributed by atoms with Crippen molar-refractivity contribution in [3.05, 3.63) is 0 Å². The standard InChI is InChI=1S/C5H3NO6/c6-1-5(2(7)8,3(9)10)4(11)12/h(H,7,8)(H,9,10)(H,11,12)/p-3. The van der Waals surface area contributed by atoms with E-state index in [1.54, 1.807) is 0 Å². The molecule has 0 fully saturated rings. The van der Waals surface area contributed by atoms with Crippen molar-refractivity contribution < 1.29 is 29.7 Å². The van der Waals surface area contributed by atoms with Gasteiger partial charge in [-0.15, -0.1) is 0 Å². The number of nitrogens with zero attached hydrogens (tertiary/aromatic N) is 1. The smallest absolute Gasteiger partial charge is 0.175 e. The van der Waals surface area contributed by atoms with Crippen LogP contribution < -0.4 is 15.3 Å². The molecular formula is C5NO6-3.